The number of hydrogen-bond donors (Lipinski definition) is 0. The van der Waals surface area contributed by atoms with E-state index in [9.17, 15) is 0 Å². The maximum Gasteiger partial charge on any atom is 0.332 e. The average Bonchev–Trinajstić information content (AvgIpc) is 2.58. The second kappa shape index (κ2) is 3.04. The van der Waals surface area contributed by atoms with E-state index in [1.165, 1.54) is 31.4 Å². The molecule has 2 rings (SSSR count). The molecule has 1 saturated carbocycles. The Hall–Kier alpha value is -0.850. The summed E-state index contributed by atoms with van der Waals surface area (Å²) in [4.78, 5) is 0. The molecule has 1 aliphatic rings. The van der Waals surface area contributed by atoms with Crippen molar-refractivity contribution in [3.8, 4) is 0 Å². The third kappa shape index (κ3) is 1.42. The second-order valence-electron chi connectivity index (χ2n) is 3.19. The summed E-state index contributed by atoms with van der Waals surface area (Å²) in [7, 11) is 0. The summed E-state index contributed by atoms with van der Waals surface area (Å²) >= 11 is 0. The van der Waals surface area contributed by atoms with Crippen molar-refractivity contribution in [3.63, 3.8) is 0 Å². The molecule has 1 aliphatic carbocycles. The van der Waals surface area contributed by atoms with Crippen molar-refractivity contribution in [1.29, 1.82) is 0 Å². The van der Waals surface area contributed by atoms with E-state index in [0.717, 1.165) is 0 Å². The molecule has 11 heavy (non-hydrogen) atoms. The van der Waals surface area contributed by atoms with Gasteiger partial charge in [0.05, 0.1) is 5.92 Å². The van der Waals surface area contributed by atoms with Crippen molar-refractivity contribution < 1.29 is 4.42 Å². The predicted octanol–water partition coefficient (Wildman–Crippen LogP) is 3.22. The molecule has 1 heterocycles. The highest BCUT2D eigenvalue weighted by atomic mass is 16.3. The lowest BCUT2D eigenvalue weighted by molar-refractivity contribution is 0.449. The van der Waals surface area contributed by atoms with Gasteiger partial charge in [0.2, 0.25) is 0 Å². The Labute approximate surface area is 67.1 Å². The summed E-state index contributed by atoms with van der Waals surface area (Å²) in [5.41, 5.74) is 0. The lowest BCUT2D eigenvalue weighted by Crippen LogP contribution is -1.89. The van der Waals surface area contributed by atoms with Gasteiger partial charge in [-0.3, -0.25) is 0 Å². The molecule has 0 unspecified atom stereocenters. The standard InChI is InChI=1S/C10H13O/c1-2-6-9(5-1)10-7-3-4-8-11-10/h3-4,7-9H,1-2,5-6H2/q+1. The molecule has 0 bridgehead atoms. The molecule has 58 valence electrons. The normalized spacial score (nSPS) is 18.9. The van der Waals surface area contributed by atoms with Gasteiger partial charge in [-0.05, 0) is 18.9 Å². The Morgan fingerprint density at radius 3 is 2.64 bits per heavy atom. The van der Waals surface area contributed by atoms with E-state index in [-0.39, 0.29) is 0 Å². The van der Waals surface area contributed by atoms with E-state index < -0.39 is 0 Å². The quantitative estimate of drug-likeness (QED) is 0.558. The van der Waals surface area contributed by atoms with Crippen LogP contribution in [0.2, 0.25) is 0 Å². The first kappa shape index (κ1) is 6.84. The summed E-state index contributed by atoms with van der Waals surface area (Å²) in [6.07, 6.45) is 7.14. The minimum atomic E-state index is 0.705. The van der Waals surface area contributed by atoms with E-state index >= 15 is 0 Å². The predicted molar refractivity (Wildman–Crippen MR) is 44.3 cm³/mol. The number of hydrogen-bond acceptors (Lipinski definition) is 0. The monoisotopic (exact) mass is 149 g/mol. The molecule has 1 aromatic heterocycles. The first-order chi connectivity index (χ1) is 5.47. The van der Waals surface area contributed by atoms with Gasteiger partial charge in [0, 0.05) is 12.1 Å². The molecule has 1 fully saturated rings. The van der Waals surface area contributed by atoms with E-state index in [1.807, 2.05) is 6.07 Å². The Bertz CT molecular complexity index is 212. The van der Waals surface area contributed by atoms with Crippen LogP contribution in [0.15, 0.2) is 28.9 Å². The van der Waals surface area contributed by atoms with Gasteiger partial charge in [0.15, 0.2) is 0 Å². The van der Waals surface area contributed by atoms with Crippen molar-refractivity contribution in [2.24, 2.45) is 0 Å². The smallest absolute Gasteiger partial charge is 0.221 e. The highest BCUT2D eigenvalue weighted by Crippen LogP contribution is 2.33. The maximum atomic E-state index is 5.41. The third-order valence-electron chi connectivity index (χ3n) is 2.41. The summed E-state index contributed by atoms with van der Waals surface area (Å²) < 4.78 is 5.41. The molecule has 0 amide bonds. The molecule has 0 N–H and O–H groups in total. The van der Waals surface area contributed by atoms with Gasteiger partial charge in [-0.2, -0.15) is 0 Å². The molecule has 0 spiro atoms. The van der Waals surface area contributed by atoms with Crippen LogP contribution in [0.25, 0.3) is 0 Å². The lowest BCUT2D eigenvalue weighted by atomic mass is 10.1. The molecule has 0 atom stereocenters. The summed E-state index contributed by atoms with van der Waals surface area (Å²) in [5.74, 6) is 1.88. The zero-order valence-corrected chi connectivity index (χ0v) is 6.62. The highest BCUT2D eigenvalue weighted by molar-refractivity contribution is 5.06. The highest BCUT2D eigenvalue weighted by Gasteiger charge is 2.25. The van der Waals surface area contributed by atoms with Crippen LogP contribution in [-0.2, 0) is 0 Å². The van der Waals surface area contributed by atoms with Crippen LogP contribution in [0.4, 0.5) is 0 Å². The zero-order valence-electron chi connectivity index (χ0n) is 6.62. The van der Waals surface area contributed by atoms with Crippen molar-refractivity contribution in [1.82, 2.24) is 0 Å². The molecule has 0 radical (unpaired) electrons. The molecule has 1 heteroatoms. The minimum absolute atomic E-state index is 0.705. The summed E-state index contributed by atoms with van der Waals surface area (Å²) in [5, 5.41) is 0. The number of rotatable bonds is 1. The van der Waals surface area contributed by atoms with Crippen molar-refractivity contribution in [2.75, 3.05) is 0 Å². The van der Waals surface area contributed by atoms with E-state index in [0.29, 0.717) is 5.92 Å². The van der Waals surface area contributed by atoms with Crippen molar-refractivity contribution in [2.45, 2.75) is 31.6 Å². The molecule has 1 aromatic rings. The average molecular weight is 149 g/mol. The maximum absolute atomic E-state index is 5.41. The van der Waals surface area contributed by atoms with Crippen LogP contribution in [0.5, 0.6) is 0 Å². The van der Waals surface area contributed by atoms with Crippen LogP contribution in [0, 0.1) is 0 Å². The topological polar surface area (TPSA) is 11.3 Å². The van der Waals surface area contributed by atoms with E-state index in [1.54, 1.807) is 6.26 Å². The Kier molecular flexibility index (Phi) is 1.89. The third-order valence-corrected chi connectivity index (χ3v) is 2.41. The Balaban J connectivity index is 2.16. The van der Waals surface area contributed by atoms with Crippen LogP contribution in [0.3, 0.4) is 0 Å². The molecule has 0 saturated heterocycles. The van der Waals surface area contributed by atoms with Gasteiger partial charge in [0.1, 0.15) is 0 Å². The van der Waals surface area contributed by atoms with Crippen LogP contribution < -0.4 is 0 Å². The fourth-order valence-corrected chi connectivity index (χ4v) is 1.80. The fraction of sp³-hybridized carbons (Fsp3) is 0.500. The second-order valence-corrected chi connectivity index (χ2v) is 3.19. The molecule has 1 nitrogen and oxygen atoms in total. The van der Waals surface area contributed by atoms with E-state index in [4.69, 9.17) is 4.42 Å². The SMILES string of the molecule is c1ccc(C2CCCC2)[o+]c1. The first-order valence-corrected chi connectivity index (χ1v) is 4.33. The van der Waals surface area contributed by atoms with Gasteiger partial charge in [-0.1, -0.05) is 12.8 Å². The van der Waals surface area contributed by atoms with Gasteiger partial charge >= 0.3 is 12.0 Å². The van der Waals surface area contributed by atoms with Crippen LogP contribution >= 0.6 is 0 Å². The largest absolute Gasteiger partial charge is 0.332 e. The lowest BCUT2D eigenvalue weighted by Gasteiger charge is -1.95. The minimum Gasteiger partial charge on any atom is -0.221 e. The molecule has 0 aromatic carbocycles. The van der Waals surface area contributed by atoms with Crippen LogP contribution in [0.1, 0.15) is 37.4 Å². The van der Waals surface area contributed by atoms with Gasteiger partial charge in [-0.25, -0.2) is 4.42 Å². The molecular formula is C10H13O+. The summed E-state index contributed by atoms with van der Waals surface area (Å²) in [6, 6.07) is 6.07. The summed E-state index contributed by atoms with van der Waals surface area (Å²) in [6.45, 7) is 0. The molecular weight excluding hydrogens is 136 g/mol. The first-order valence-electron chi connectivity index (χ1n) is 4.33. The van der Waals surface area contributed by atoms with Crippen LogP contribution in [-0.4, -0.2) is 0 Å². The van der Waals surface area contributed by atoms with Gasteiger partial charge in [0.25, 0.3) is 0 Å². The molecule has 0 aliphatic heterocycles. The van der Waals surface area contributed by atoms with Crippen molar-refractivity contribution >= 4 is 0 Å². The van der Waals surface area contributed by atoms with Crippen molar-refractivity contribution in [3.05, 3.63) is 30.2 Å². The van der Waals surface area contributed by atoms with Gasteiger partial charge in [-0.15, -0.1) is 0 Å². The Morgan fingerprint density at radius 1 is 1.18 bits per heavy atom. The van der Waals surface area contributed by atoms with E-state index in [2.05, 4.69) is 12.1 Å². The van der Waals surface area contributed by atoms with Gasteiger partial charge < -0.3 is 0 Å². The fourth-order valence-electron chi connectivity index (χ4n) is 1.80. The zero-order chi connectivity index (χ0) is 7.52. The Morgan fingerprint density at radius 2 is 2.00 bits per heavy atom.